The second-order valence-corrected chi connectivity index (χ2v) is 5.91. The SMILES string of the molecule is C/C=C/COC1C(OCC)c2cc(NC)ccc2OC1(C)C. The van der Waals surface area contributed by atoms with Crippen LogP contribution in [0.3, 0.4) is 0 Å². The first kappa shape index (κ1) is 16.8. The van der Waals surface area contributed by atoms with Crippen LogP contribution in [0.4, 0.5) is 5.69 Å². The van der Waals surface area contributed by atoms with Crippen molar-refractivity contribution in [3.63, 3.8) is 0 Å². The number of nitrogens with one attached hydrogen (secondary N) is 1. The molecule has 0 saturated carbocycles. The van der Waals surface area contributed by atoms with Gasteiger partial charge in [-0.1, -0.05) is 12.2 Å². The number of anilines is 1. The molecule has 0 amide bonds. The topological polar surface area (TPSA) is 39.7 Å². The number of benzene rings is 1. The van der Waals surface area contributed by atoms with Crippen LogP contribution in [0.1, 0.15) is 39.4 Å². The summed E-state index contributed by atoms with van der Waals surface area (Å²) in [7, 11) is 1.91. The van der Waals surface area contributed by atoms with E-state index in [0.29, 0.717) is 13.2 Å². The Labute approximate surface area is 133 Å². The van der Waals surface area contributed by atoms with E-state index in [0.717, 1.165) is 17.0 Å². The van der Waals surface area contributed by atoms with E-state index in [1.807, 2.05) is 59.0 Å². The monoisotopic (exact) mass is 305 g/mol. The number of ether oxygens (including phenoxy) is 3. The molecule has 0 fully saturated rings. The van der Waals surface area contributed by atoms with Crippen LogP contribution in [0.25, 0.3) is 0 Å². The Morgan fingerprint density at radius 3 is 2.73 bits per heavy atom. The average molecular weight is 305 g/mol. The van der Waals surface area contributed by atoms with E-state index in [4.69, 9.17) is 14.2 Å². The molecular weight excluding hydrogens is 278 g/mol. The smallest absolute Gasteiger partial charge is 0.132 e. The van der Waals surface area contributed by atoms with Crippen molar-refractivity contribution in [3.05, 3.63) is 35.9 Å². The molecule has 2 rings (SSSR count). The van der Waals surface area contributed by atoms with Crippen LogP contribution in [0, 0.1) is 0 Å². The first-order chi connectivity index (χ1) is 10.5. The zero-order valence-corrected chi connectivity index (χ0v) is 14.2. The summed E-state index contributed by atoms with van der Waals surface area (Å²) < 4.78 is 18.3. The molecule has 0 spiro atoms. The molecule has 22 heavy (non-hydrogen) atoms. The molecule has 1 aliphatic heterocycles. The van der Waals surface area contributed by atoms with E-state index in [1.165, 1.54) is 0 Å². The summed E-state index contributed by atoms with van der Waals surface area (Å²) in [6.45, 7) is 9.28. The Bertz CT molecular complexity index is 525. The molecule has 1 aliphatic rings. The second kappa shape index (κ2) is 7.16. The van der Waals surface area contributed by atoms with Crippen molar-refractivity contribution >= 4 is 5.69 Å². The largest absolute Gasteiger partial charge is 0.485 e. The lowest BCUT2D eigenvalue weighted by Crippen LogP contribution is -2.51. The minimum Gasteiger partial charge on any atom is -0.485 e. The molecule has 1 heterocycles. The summed E-state index contributed by atoms with van der Waals surface area (Å²) in [5.74, 6) is 0.869. The molecule has 0 saturated heterocycles. The molecule has 122 valence electrons. The van der Waals surface area contributed by atoms with E-state index in [-0.39, 0.29) is 12.2 Å². The van der Waals surface area contributed by atoms with E-state index < -0.39 is 5.60 Å². The molecular formula is C18H27NO3. The summed E-state index contributed by atoms with van der Waals surface area (Å²) in [5, 5.41) is 3.16. The third-order valence-electron chi connectivity index (χ3n) is 3.89. The van der Waals surface area contributed by atoms with Crippen molar-refractivity contribution in [1.82, 2.24) is 0 Å². The lowest BCUT2D eigenvalue weighted by molar-refractivity contribution is -0.155. The Morgan fingerprint density at radius 1 is 1.32 bits per heavy atom. The van der Waals surface area contributed by atoms with Gasteiger partial charge in [-0.15, -0.1) is 0 Å². The van der Waals surface area contributed by atoms with Crippen LogP contribution in [-0.2, 0) is 9.47 Å². The van der Waals surface area contributed by atoms with Gasteiger partial charge in [0.1, 0.15) is 23.6 Å². The lowest BCUT2D eigenvalue weighted by Gasteiger charge is -2.44. The zero-order valence-electron chi connectivity index (χ0n) is 14.2. The van der Waals surface area contributed by atoms with Gasteiger partial charge < -0.3 is 19.5 Å². The number of rotatable bonds is 6. The van der Waals surface area contributed by atoms with Gasteiger partial charge in [0.25, 0.3) is 0 Å². The fourth-order valence-electron chi connectivity index (χ4n) is 2.79. The number of hydrogen-bond acceptors (Lipinski definition) is 4. The summed E-state index contributed by atoms with van der Waals surface area (Å²) >= 11 is 0. The molecule has 0 bridgehead atoms. The van der Waals surface area contributed by atoms with Crippen LogP contribution >= 0.6 is 0 Å². The van der Waals surface area contributed by atoms with Crippen molar-refractivity contribution < 1.29 is 14.2 Å². The summed E-state index contributed by atoms with van der Waals surface area (Å²) in [6.07, 6.45) is 3.68. The third kappa shape index (κ3) is 3.45. The Balaban J connectivity index is 2.38. The first-order valence-electron chi connectivity index (χ1n) is 7.88. The number of fused-ring (bicyclic) bond motifs is 1. The molecule has 0 aliphatic carbocycles. The van der Waals surface area contributed by atoms with Crippen LogP contribution in [0.15, 0.2) is 30.4 Å². The molecule has 1 N–H and O–H groups in total. The predicted octanol–water partition coefficient (Wildman–Crippen LogP) is 3.94. The highest BCUT2D eigenvalue weighted by Crippen LogP contribution is 2.44. The summed E-state index contributed by atoms with van der Waals surface area (Å²) in [5.41, 5.74) is 1.63. The molecule has 0 aromatic heterocycles. The maximum absolute atomic E-state index is 6.18. The van der Waals surface area contributed by atoms with Gasteiger partial charge in [0.15, 0.2) is 0 Å². The van der Waals surface area contributed by atoms with Gasteiger partial charge in [-0.3, -0.25) is 0 Å². The molecule has 4 heteroatoms. The highest BCUT2D eigenvalue weighted by molar-refractivity contribution is 5.53. The number of hydrogen-bond donors (Lipinski definition) is 1. The van der Waals surface area contributed by atoms with Crippen molar-refractivity contribution in [2.24, 2.45) is 0 Å². The molecule has 1 aromatic carbocycles. The average Bonchev–Trinajstić information content (AvgIpc) is 2.49. The van der Waals surface area contributed by atoms with Crippen molar-refractivity contribution in [2.45, 2.75) is 45.5 Å². The second-order valence-electron chi connectivity index (χ2n) is 5.91. The maximum Gasteiger partial charge on any atom is 0.132 e. The zero-order chi connectivity index (χ0) is 16.2. The first-order valence-corrected chi connectivity index (χ1v) is 7.88. The predicted molar refractivity (Wildman–Crippen MR) is 89.6 cm³/mol. The highest BCUT2D eigenvalue weighted by Gasteiger charge is 2.45. The molecule has 2 atom stereocenters. The van der Waals surface area contributed by atoms with Crippen LogP contribution < -0.4 is 10.1 Å². The van der Waals surface area contributed by atoms with Gasteiger partial charge in [-0.2, -0.15) is 0 Å². The Hall–Kier alpha value is -1.52. The van der Waals surface area contributed by atoms with Crippen molar-refractivity contribution in [2.75, 3.05) is 25.6 Å². The Kier molecular flexibility index (Phi) is 5.48. The van der Waals surface area contributed by atoms with Gasteiger partial charge in [-0.25, -0.2) is 0 Å². The van der Waals surface area contributed by atoms with Gasteiger partial charge >= 0.3 is 0 Å². The standard InChI is InChI=1S/C18H27NO3/c1-6-8-11-21-17-16(20-7-2)14-12-13(19-5)9-10-15(14)22-18(17,3)4/h6,8-10,12,16-17,19H,7,11H2,1-5H3/b8-6+. The highest BCUT2D eigenvalue weighted by atomic mass is 16.6. The minimum atomic E-state index is -0.449. The fourth-order valence-corrected chi connectivity index (χ4v) is 2.79. The van der Waals surface area contributed by atoms with Gasteiger partial charge in [0.2, 0.25) is 0 Å². The lowest BCUT2D eigenvalue weighted by atomic mass is 9.88. The molecule has 0 radical (unpaired) electrons. The van der Waals surface area contributed by atoms with Crippen molar-refractivity contribution in [3.8, 4) is 5.75 Å². The van der Waals surface area contributed by atoms with E-state index in [9.17, 15) is 0 Å². The van der Waals surface area contributed by atoms with Crippen LogP contribution in [0.2, 0.25) is 0 Å². The normalized spacial score (nSPS) is 23.1. The fraction of sp³-hybridized carbons (Fsp3) is 0.556. The van der Waals surface area contributed by atoms with Crippen LogP contribution in [0.5, 0.6) is 5.75 Å². The maximum atomic E-state index is 6.18. The van der Waals surface area contributed by atoms with Gasteiger partial charge in [0.05, 0.1) is 6.61 Å². The molecule has 2 unspecified atom stereocenters. The van der Waals surface area contributed by atoms with Crippen LogP contribution in [-0.4, -0.2) is 32.0 Å². The van der Waals surface area contributed by atoms with E-state index in [2.05, 4.69) is 11.4 Å². The Morgan fingerprint density at radius 2 is 2.09 bits per heavy atom. The third-order valence-corrected chi connectivity index (χ3v) is 3.89. The van der Waals surface area contributed by atoms with E-state index in [1.54, 1.807) is 0 Å². The quantitative estimate of drug-likeness (QED) is 0.808. The van der Waals surface area contributed by atoms with Crippen molar-refractivity contribution in [1.29, 1.82) is 0 Å². The van der Waals surface area contributed by atoms with Gasteiger partial charge in [0, 0.05) is 24.9 Å². The molecule has 1 aromatic rings. The molecule has 4 nitrogen and oxygen atoms in total. The minimum absolute atomic E-state index is 0.137. The number of allylic oxidation sites excluding steroid dienone is 1. The summed E-state index contributed by atoms with van der Waals surface area (Å²) in [4.78, 5) is 0. The summed E-state index contributed by atoms with van der Waals surface area (Å²) in [6, 6.07) is 6.09. The van der Waals surface area contributed by atoms with E-state index >= 15 is 0 Å². The van der Waals surface area contributed by atoms with Gasteiger partial charge in [-0.05, 0) is 45.9 Å².